The summed E-state index contributed by atoms with van der Waals surface area (Å²) in [7, 11) is 1.37. The van der Waals surface area contributed by atoms with Crippen molar-refractivity contribution in [1.82, 2.24) is 4.90 Å². The summed E-state index contributed by atoms with van der Waals surface area (Å²) in [6, 6.07) is -0.760. The van der Waals surface area contributed by atoms with Crippen LogP contribution in [0, 0.1) is 5.41 Å². The van der Waals surface area contributed by atoms with Gasteiger partial charge in [-0.05, 0) is 24.5 Å². The molecule has 5 nitrogen and oxygen atoms in total. The van der Waals surface area contributed by atoms with Gasteiger partial charge in [0.15, 0.2) is 0 Å². The topological polar surface area (TPSA) is 72.8 Å². The van der Waals surface area contributed by atoms with Gasteiger partial charge in [-0.1, -0.05) is 13.8 Å². The molecule has 0 bridgehead atoms. The fourth-order valence-corrected chi connectivity index (χ4v) is 2.92. The third-order valence-electron chi connectivity index (χ3n) is 2.91. The summed E-state index contributed by atoms with van der Waals surface area (Å²) >= 11 is 1.55. The van der Waals surface area contributed by atoms with Crippen molar-refractivity contribution in [1.29, 1.82) is 0 Å². The van der Waals surface area contributed by atoms with Crippen LogP contribution in [-0.2, 0) is 4.79 Å². The van der Waals surface area contributed by atoms with Gasteiger partial charge in [-0.2, -0.15) is 11.8 Å². The first kappa shape index (κ1) is 18.0. The van der Waals surface area contributed by atoms with Crippen LogP contribution < -0.4 is 34.7 Å². The first-order valence-corrected chi connectivity index (χ1v) is 6.81. The molecule has 0 fully saturated rings. The second-order valence-corrected chi connectivity index (χ2v) is 5.16. The Labute approximate surface area is 134 Å². The Kier molecular flexibility index (Phi) is 7.51. The van der Waals surface area contributed by atoms with Crippen LogP contribution in [0.1, 0.15) is 26.7 Å². The molecule has 0 saturated carbocycles. The molecule has 0 aliphatic carbocycles. The van der Waals surface area contributed by atoms with Gasteiger partial charge >= 0.3 is 35.6 Å². The zero-order chi connectivity index (χ0) is 13.1. The van der Waals surface area contributed by atoms with Crippen LogP contribution in [0.25, 0.3) is 0 Å². The summed E-state index contributed by atoms with van der Waals surface area (Å²) in [5.74, 6) is 0.279. The molecule has 1 heterocycles. The maximum Gasteiger partial charge on any atom is 1.00 e. The molecule has 1 unspecified atom stereocenters. The van der Waals surface area contributed by atoms with Crippen molar-refractivity contribution in [3.8, 4) is 0 Å². The number of carbonyl (C=O) groups is 2. The van der Waals surface area contributed by atoms with E-state index in [4.69, 9.17) is 0 Å². The number of carbonyl (C=O) groups excluding carboxylic acids is 2. The number of nitrogens with zero attached hydrogens (tertiary/aromatic N) is 2. The number of amides is 3. The van der Waals surface area contributed by atoms with Gasteiger partial charge < -0.3 is 5.11 Å². The number of imide groups is 1. The van der Waals surface area contributed by atoms with Crippen molar-refractivity contribution in [2.75, 3.05) is 18.6 Å². The molecule has 96 valence electrons. The Morgan fingerprint density at radius 1 is 1.39 bits per heavy atom. The monoisotopic (exact) mass is 280 g/mol. The molecule has 1 aliphatic heterocycles. The van der Waals surface area contributed by atoms with Gasteiger partial charge in [0.1, 0.15) is 0 Å². The molecule has 0 N–H and O–H groups in total. The van der Waals surface area contributed by atoms with Crippen LogP contribution in [0.5, 0.6) is 0 Å². The SMILES string of the molecule is CCCSCC1(CC)C(=O)N(C)C(=O)N=C1[O-].[Na+]. The maximum atomic E-state index is 12.1. The van der Waals surface area contributed by atoms with Crippen molar-refractivity contribution >= 4 is 29.6 Å². The number of thioether (sulfide) groups is 1. The fourth-order valence-electron chi connectivity index (χ4n) is 1.69. The molecule has 1 aliphatic rings. The third-order valence-corrected chi connectivity index (χ3v) is 4.30. The molecule has 0 aromatic heterocycles. The Balaban J connectivity index is 0.00000289. The fraction of sp³-hybridized carbons (Fsp3) is 0.727. The first-order chi connectivity index (χ1) is 7.99. The van der Waals surface area contributed by atoms with Crippen LogP contribution in [-0.4, -0.2) is 41.3 Å². The number of hydrogen-bond donors (Lipinski definition) is 0. The smallest absolute Gasteiger partial charge is 0.861 e. The summed E-state index contributed by atoms with van der Waals surface area (Å²) < 4.78 is 0. The van der Waals surface area contributed by atoms with E-state index in [9.17, 15) is 14.7 Å². The summed E-state index contributed by atoms with van der Waals surface area (Å²) in [6.45, 7) is 3.82. The van der Waals surface area contributed by atoms with E-state index < -0.39 is 23.3 Å². The van der Waals surface area contributed by atoms with Crippen LogP contribution in [0.15, 0.2) is 4.99 Å². The van der Waals surface area contributed by atoms with E-state index in [1.165, 1.54) is 7.05 Å². The van der Waals surface area contributed by atoms with E-state index in [2.05, 4.69) is 4.99 Å². The summed E-state index contributed by atoms with van der Waals surface area (Å²) in [5.41, 5.74) is -1.14. The molecule has 1 atom stereocenters. The molecule has 0 spiro atoms. The third kappa shape index (κ3) is 3.29. The van der Waals surface area contributed by atoms with Crippen LogP contribution in [0.3, 0.4) is 0 Å². The van der Waals surface area contributed by atoms with Crippen molar-refractivity contribution in [3.63, 3.8) is 0 Å². The molecular weight excluding hydrogens is 263 g/mol. The average molecular weight is 280 g/mol. The zero-order valence-electron chi connectivity index (χ0n) is 11.4. The van der Waals surface area contributed by atoms with Crippen molar-refractivity contribution in [3.05, 3.63) is 0 Å². The Hall–Kier alpha value is -0.0400. The molecule has 1 rings (SSSR count). The molecule has 3 amide bonds. The van der Waals surface area contributed by atoms with Gasteiger partial charge in [0.25, 0.3) is 0 Å². The maximum absolute atomic E-state index is 12.1. The van der Waals surface area contributed by atoms with Gasteiger partial charge in [-0.25, -0.2) is 9.79 Å². The van der Waals surface area contributed by atoms with Gasteiger partial charge in [0.2, 0.25) is 5.91 Å². The van der Waals surface area contributed by atoms with E-state index >= 15 is 0 Å². The predicted octanol–water partition coefficient (Wildman–Crippen LogP) is -2.12. The molecule has 7 heteroatoms. The molecule has 18 heavy (non-hydrogen) atoms. The minimum absolute atomic E-state index is 0. The van der Waals surface area contributed by atoms with E-state index in [0.29, 0.717) is 12.2 Å². The van der Waals surface area contributed by atoms with Crippen LogP contribution >= 0.6 is 11.8 Å². The standard InChI is InChI=1S/C11H18N2O3S.Na/c1-4-6-17-7-11(5-2)8(14)12-10(16)13(3)9(11)15;/h4-7H2,1-3H3,(H,12,14,16);/q;+1/p-1. The van der Waals surface area contributed by atoms with Gasteiger partial charge in [-0.15, -0.1) is 0 Å². The number of urea groups is 1. The summed E-state index contributed by atoms with van der Waals surface area (Å²) in [6.07, 6.45) is 1.36. The van der Waals surface area contributed by atoms with Crippen LogP contribution in [0.2, 0.25) is 0 Å². The Morgan fingerprint density at radius 3 is 2.50 bits per heavy atom. The molecule has 0 radical (unpaired) electrons. The van der Waals surface area contributed by atoms with E-state index in [0.717, 1.165) is 17.1 Å². The van der Waals surface area contributed by atoms with E-state index in [-0.39, 0.29) is 29.6 Å². The Morgan fingerprint density at radius 2 is 2.00 bits per heavy atom. The quantitative estimate of drug-likeness (QED) is 0.426. The number of aliphatic imine (C=N–C) groups is 1. The largest absolute Gasteiger partial charge is 1.00 e. The molecule has 0 aromatic carbocycles. The van der Waals surface area contributed by atoms with Crippen LogP contribution in [0.4, 0.5) is 4.79 Å². The van der Waals surface area contributed by atoms with E-state index in [1.807, 2.05) is 6.92 Å². The predicted molar refractivity (Wildman–Crippen MR) is 65.9 cm³/mol. The molecule has 0 aromatic rings. The molecule has 0 saturated heterocycles. The summed E-state index contributed by atoms with van der Waals surface area (Å²) in [4.78, 5) is 27.7. The van der Waals surface area contributed by atoms with Gasteiger partial charge in [0, 0.05) is 12.8 Å². The van der Waals surface area contributed by atoms with Gasteiger partial charge in [0.05, 0.1) is 5.41 Å². The Bertz CT molecular complexity index is 362. The number of rotatable bonds is 5. The zero-order valence-corrected chi connectivity index (χ0v) is 14.2. The van der Waals surface area contributed by atoms with Crippen molar-refractivity contribution in [2.24, 2.45) is 10.4 Å². The summed E-state index contributed by atoms with van der Waals surface area (Å²) in [5, 5.41) is 11.9. The molecular formula is C11H17N2NaO3S. The number of hydrogen-bond acceptors (Lipinski definition) is 4. The average Bonchev–Trinajstić information content (AvgIpc) is 2.31. The van der Waals surface area contributed by atoms with E-state index in [1.54, 1.807) is 18.7 Å². The van der Waals surface area contributed by atoms with Gasteiger partial charge in [-0.3, -0.25) is 9.69 Å². The van der Waals surface area contributed by atoms with Crippen molar-refractivity contribution in [2.45, 2.75) is 26.7 Å². The minimum atomic E-state index is -1.14. The first-order valence-electron chi connectivity index (χ1n) is 5.65. The minimum Gasteiger partial charge on any atom is -0.861 e. The van der Waals surface area contributed by atoms with Crippen molar-refractivity contribution < 1.29 is 44.3 Å². The second kappa shape index (κ2) is 7.53. The normalized spacial score (nSPS) is 23.7. The second-order valence-electron chi connectivity index (χ2n) is 4.05.